The van der Waals surface area contributed by atoms with Crippen LogP contribution in [0.15, 0.2) is 29.2 Å². The minimum absolute atomic E-state index is 0.630. The summed E-state index contributed by atoms with van der Waals surface area (Å²) in [7, 11) is 0. The third-order valence-electron chi connectivity index (χ3n) is 5.24. The Morgan fingerprint density at radius 1 is 1.21 bits per heavy atom. The maximum absolute atomic E-state index is 3.79. The van der Waals surface area contributed by atoms with Crippen LogP contribution in [0.4, 0.5) is 0 Å². The highest BCUT2D eigenvalue weighted by Crippen LogP contribution is 2.51. The third-order valence-corrected chi connectivity index (χ3v) is 6.49. The smallest absolute Gasteiger partial charge is 0.0107 e. The molecule has 1 N–H and O–H groups in total. The molecule has 1 atom stereocenters. The predicted octanol–water partition coefficient (Wildman–Crippen LogP) is 4.19. The van der Waals surface area contributed by atoms with E-state index >= 15 is 0 Å². The van der Waals surface area contributed by atoms with Gasteiger partial charge in [-0.2, -0.15) is 0 Å². The Morgan fingerprint density at radius 3 is 2.79 bits per heavy atom. The van der Waals surface area contributed by atoms with Gasteiger partial charge in [-0.15, -0.1) is 11.8 Å². The number of nitrogens with one attached hydrogen (secondary N) is 1. The van der Waals surface area contributed by atoms with Crippen LogP contribution in [0.1, 0.15) is 50.0 Å². The van der Waals surface area contributed by atoms with Crippen molar-refractivity contribution >= 4 is 11.8 Å². The van der Waals surface area contributed by atoms with E-state index in [1.165, 1.54) is 55.7 Å². The first-order valence-corrected chi connectivity index (χ1v) is 8.78. The van der Waals surface area contributed by atoms with Crippen LogP contribution in [0.3, 0.4) is 0 Å². The highest BCUT2D eigenvalue weighted by Gasteiger charge is 2.41. The van der Waals surface area contributed by atoms with Gasteiger partial charge in [0.25, 0.3) is 0 Å². The summed E-state index contributed by atoms with van der Waals surface area (Å²) in [5, 5.41) is 3.79. The molecule has 0 saturated heterocycles. The fourth-order valence-corrected chi connectivity index (χ4v) is 4.95. The van der Waals surface area contributed by atoms with Crippen molar-refractivity contribution in [1.29, 1.82) is 0 Å². The van der Waals surface area contributed by atoms with Crippen molar-refractivity contribution in [2.24, 2.45) is 5.41 Å². The van der Waals surface area contributed by atoms with Crippen LogP contribution < -0.4 is 5.32 Å². The molecule has 1 aromatic carbocycles. The zero-order valence-electron chi connectivity index (χ0n) is 11.5. The Hall–Kier alpha value is -0.470. The van der Waals surface area contributed by atoms with Crippen LogP contribution in [-0.4, -0.2) is 18.3 Å². The topological polar surface area (TPSA) is 12.0 Å². The standard InChI is InChI=1S/C17H23NS/c1-2-5-16-15(4-1)13(11-19-16)10-17(8-3-9-17)12-18-14-6-7-14/h1-2,4-5,13-14,18H,3,6-12H2. The van der Waals surface area contributed by atoms with Crippen LogP contribution in [0.5, 0.6) is 0 Å². The zero-order chi connectivity index (χ0) is 12.7. The summed E-state index contributed by atoms with van der Waals surface area (Å²) in [5.41, 5.74) is 2.26. The van der Waals surface area contributed by atoms with Gasteiger partial charge in [-0.05, 0) is 55.1 Å². The van der Waals surface area contributed by atoms with Gasteiger partial charge >= 0.3 is 0 Å². The SMILES string of the molecule is c1ccc2c(c1)SCC2CC1(CNC2CC2)CCC1. The molecule has 3 aliphatic rings. The molecule has 2 fully saturated rings. The summed E-state index contributed by atoms with van der Waals surface area (Å²) in [6.07, 6.45) is 8.60. The lowest BCUT2D eigenvalue weighted by atomic mass is 9.63. The Kier molecular flexibility index (Phi) is 3.12. The lowest BCUT2D eigenvalue weighted by molar-refractivity contribution is 0.108. The maximum atomic E-state index is 3.79. The molecule has 1 unspecified atom stereocenters. The molecular weight excluding hydrogens is 250 g/mol. The molecule has 0 aromatic heterocycles. The van der Waals surface area contributed by atoms with Gasteiger partial charge in [0.15, 0.2) is 0 Å². The molecule has 1 aromatic rings. The molecular formula is C17H23NS. The van der Waals surface area contributed by atoms with Crippen LogP contribution in [0.25, 0.3) is 0 Å². The number of thioether (sulfide) groups is 1. The molecule has 1 aliphatic heterocycles. The predicted molar refractivity (Wildman–Crippen MR) is 81.8 cm³/mol. The van der Waals surface area contributed by atoms with E-state index in [4.69, 9.17) is 0 Å². The monoisotopic (exact) mass is 273 g/mol. The van der Waals surface area contributed by atoms with Crippen molar-refractivity contribution in [1.82, 2.24) is 5.32 Å². The second-order valence-corrected chi connectivity index (χ2v) is 7.82. The summed E-state index contributed by atoms with van der Waals surface area (Å²) in [6, 6.07) is 9.93. The van der Waals surface area contributed by atoms with Crippen LogP contribution in [0, 0.1) is 5.41 Å². The lowest BCUT2D eigenvalue weighted by Gasteiger charge is -2.44. The zero-order valence-corrected chi connectivity index (χ0v) is 12.3. The van der Waals surface area contributed by atoms with Crippen molar-refractivity contribution < 1.29 is 0 Å². The molecule has 4 rings (SSSR count). The fraction of sp³-hybridized carbons (Fsp3) is 0.647. The molecule has 1 nitrogen and oxygen atoms in total. The Bertz CT molecular complexity index is 462. The first-order valence-electron chi connectivity index (χ1n) is 7.80. The summed E-state index contributed by atoms with van der Waals surface area (Å²) < 4.78 is 0. The quantitative estimate of drug-likeness (QED) is 0.863. The van der Waals surface area contributed by atoms with Gasteiger partial charge in [0, 0.05) is 23.2 Å². The first kappa shape index (κ1) is 12.3. The molecule has 0 spiro atoms. The van der Waals surface area contributed by atoms with E-state index in [1.54, 1.807) is 5.56 Å². The Balaban J connectivity index is 1.45. The van der Waals surface area contributed by atoms with Crippen LogP contribution in [0.2, 0.25) is 0 Å². The van der Waals surface area contributed by atoms with E-state index in [0.29, 0.717) is 5.41 Å². The van der Waals surface area contributed by atoms with E-state index < -0.39 is 0 Å². The van der Waals surface area contributed by atoms with Gasteiger partial charge in [0.2, 0.25) is 0 Å². The summed E-state index contributed by atoms with van der Waals surface area (Å²) in [5.74, 6) is 2.12. The van der Waals surface area contributed by atoms with E-state index in [0.717, 1.165) is 12.0 Å². The van der Waals surface area contributed by atoms with Crippen molar-refractivity contribution in [3.8, 4) is 0 Å². The largest absolute Gasteiger partial charge is 0.313 e. The Morgan fingerprint density at radius 2 is 2.05 bits per heavy atom. The van der Waals surface area contributed by atoms with Gasteiger partial charge in [-0.1, -0.05) is 24.6 Å². The van der Waals surface area contributed by atoms with E-state index in [2.05, 4.69) is 41.3 Å². The highest BCUT2D eigenvalue weighted by atomic mass is 32.2. The molecule has 102 valence electrons. The molecule has 0 bridgehead atoms. The van der Waals surface area contributed by atoms with Gasteiger partial charge in [-0.3, -0.25) is 0 Å². The Labute approximate surface area is 120 Å². The van der Waals surface area contributed by atoms with E-state index in [-0.39, 0.29) is 0 Å². The third kappa shape index (κ3) is 2.45. The molecule has 1 heterocycles. The average molecular weight is 273 g/mol. The number of rotatable bonds is 5. The molecule has 2 heteroatoms. The van der Waals surface area contributed by atoms with Gasteiger partial charge in [-0.25, -0.2) is 0 Å². The van der Waals surface area contributed by atoms with Crippen molar-refractivity contribution in [3.63, 3.8) is 0 Å². The summed E-state index contributed by atoms with van der Waals surface area (Å²) >= 11 is 2.07. The molecule has 0 radical (unpaired) electrons. The molecule has 0 amide bonds. The fourth-order valence-electron chi connectivity index (χ4n) is 3.70. The van der Waals surface area contributed by atoms with E-state index in [1.807, 2.05) is 0 Å². The van der Waals surface area contributed by atoms with Gasteiger partial charge < -0.3 is 5.32 Å². The van der Waals surface area contributed by atoms with Crippen molar-refractivity contribution in [3.05, 3.63) is 29.8 Å². The van der Waals surface area contributed by atoms with Gasteiger partial charge in [0.05, 0.1) is 0 Å². The van der Waals surface area contributed by atoms with Gasteiger partial charge in [0.1, 0.15) is 0 Å². The number of hydrogen-bond acceptors (Lipinski definition) is 2. The highest BCUT2D eigenvalue weighted by molar-refractivity contribution is 7.99. The molecule has 19 heavy (non-hydrogen) atoms. The van der Waals surface area contributed by atoms with Crippen LogP contribution in [-0.2, 0) is 0 Å². The van der Waals surface area contributed by atoms with Crippen molar-refractivity contribution in [2.45, 2.75) is 55.4 Å². The lowest BCUT2D eigenvalue weighted by Crippen LogP contribution is -2.41. The second-order valence-electron chi connectivity index (χ2n) is 6.76. The molecule has 2 aliphatic carbocycles. The van der Waals surface area contributed by atoms with E-state index in [9.17, 15) is 0 Å². The number of hydrogen-bond donors (Lipinski definition) is 1. The summed E-state index contributed by atoms with van der Waals surface area (Å²) in [4.78, 5) is 1.54. The number of fused-ring (bicyclic) bond motifs is 1. The average Bonchev–Trinajstić information content (AvgIpc) is 3.14. The minimum atomic E-state index is 0.630. The minimum Gasteiger partial charge on any atom is -0.313 e. The second kappa shape index (κ2) is 4.82. The first-order chi connectivity index (χ1) is 9.35. The van der Waals surface area contributed by atoms with Crippen molar-refractivity contribution in [2.75, 3.05) is 12.3 Å². The molecule has 2 saturated carbocycles. The normalized spacial score (nSPS) is 27.9. The van der Waals surface area contributed by atoms with Crippen LogP contribution >= 0.6 is 11.8 Å². The number of benzene rings is 1. The summed E-state index contributed by atoms with van der Waals surface area (Å²) in [6.45, 7) is 1.28. The maximum Gasteiger partial charge on any atom is 0.0107 e.